The maximum absolute atomic E-state index is 12.3. The van der Waals surface area contributed by atoms with Crippen LogP contribution in [0.25, 0.3) is 11.1 Å². The van der Waals surface area contributed by atoms with Crippen LogP contribution in [0.1, 0.15) is 21.9 Å². The molecule has 0 spiro atoms. The van der Waals surface area contributed by atoms with Crippen LogP contribution in [0.2, 0.25) is 0 Å². The molecule has 3 aromatic rings. The largest absolute Gasteiger partial charge is 0.454 e. The standard InChI is InChI=1S/C23H18N2O3S/c26-22(25-24-12-15-9-10-20-21(11-15)28-14-27-20)13-29-23-18-7-3-1-5-16(18)17-6-2-4-8-19(17)23/h1-12,23H,13-14H2,(H,25,26)/b24-12-. The van der Waals surface area contributed by atoms with Crippen LogP contribution in [-0.2, 0) is 4.79 Å². The molecule has 1 heterocycles. The number of carbonyl (C=O) groups excluding carboxylic acids is 1. The van der Waals surface area contributed by atoms with Crippen molar-refractivity contribution in [2.45, 2.75) is 5.25 Å². The summed E-state index contributed by atoms with van der Waals surface area (Å²) >= 11 is 1.62. The number of hydrazone groups is 1. The van der Waals surface area contributed by atoms with E-state index in [1.165, 1.54) is 22.3 Å². The molecule has 144 valence electrons. The summed E-state index contributed by atoms with van der Waals surface area (Å²) in [6, 6.07) is 22.3. The summed E-state index contributed by atoms with van der Waals surface area (Å²) in [5.74, 6) is 1.61. The average Bonchev–Trinajstić information content (AvgIpc) is 3.34. The molecule has 1 N–H and O–H groups in total. The molecule has 6 heteroatoms. The van der Waals surface area contributed by atoms with Gasteiger partial charge in [0.15, 0.2) is 11.5 Å². The van der Waals surface area contributed by atoms with Crippen molar-refractivity contribution in [3.05, 3.63) is 83.4 Å². The lowest BCUT2D eigenvalue weighted by Gasteiger charge is -2.12. The van der Waals surface area contributed by atoms with Gasteiger partial charge in [0, 0.05) is 0 Å². The number of carbonyl (C=O) groups is 1. The van der Waals surface area contributed by atoms with Gasteiger partial charge in [-0.2, -0.15) is 5.10 Å². The highest BCUT2D eigenvalue weighted by Crippen LogP contribution is 2.49. The number of rotatable bonds is 5. The van der Waals surface area contributed by atoms with E-state index in [1.807, 2.05) is 30.3 Å². The van der Waals surface area contributed by atoms with Crippen molar-refractivity contribution in [1.29, 1.82) is 0 Å². The molecule has 0 aromatic heterocycles. The van der Waals surface area contributed by atoms with E-state index >= 15 is 0 Å². The molecule has 1 amide bonds. The monoisotopic (exact) mass is 402 g/mol. The lowest BCUT2D eigenvalue weighted by molar-refractivity contribution is -0.118. The van der Waals surface area contributed by atoms with Crippen molar-refractivity contribution in [3.63, 3.8) is 0 Å². The van der Waals surface area contributed by atoms with E-state index in [0.717, 1.165) is 11.3 Å². The first-order valence-electron chi connectivity index (χ1n) is 9.31. The molecule has 5 nitrogen and oxygen atoms in total. The topological polar surface area (TPSA) is 59.9 Å². The van der Waals surface area contributed by atoms with Crippen molar-refractivity contribution in [3.8, 4) is 22.6 Å². The summed E-state index contributed by atoms with van der Waals surface area (Å²) in [4.78, 5) is 12.3. The highest BCUT2D eigenvalue weighted by molar-refractivity contribution is 8.00. The number of amides is 1. The molecule has 0 unspecified atom stereocenters. The van der Waals surface area contributed by atoms with Gasteiger partial charge < -0.3 is 9.47 Å². The number of benzene rings is 3. The second kappa shape index (κ2) is 7.64. The first-order chi connectivity index (χ1) is 14.3. The van der Waals surface area contributed by atoms with Crippen molar-refractivity contribution < 1.29 is 14.3 Å². The molecule has 0 atom stereocenters. The van der Waals surface area contributed by atoms with Gasteiger partial charge in [-0.1, -0.05) is 48.5 Å². The van der Waals surface area contributed by atoms with Crippen molar-refractivity contribution in [1.82, 2.24) is 5.43 Å². The predicted molar refractivity (Wildman–Crippen MR) is 114 cm³/mol. The van der Waals surface area contributed by atoms with E-state index in [1.54, 1.807) is 18.0 Å². The van der Waals surface area contributed by atoms with Crippen LogP contribution in [0.15, 0.2) is 71.8 Å². The fraction of sp³-hybridized carbons (Fsp3) is 0.130. The molecule has 1 aliphatic heterocycles. The van der Waals surface area contributed by atoms with Gasteiger partial charge in [-0.3, -0.25) is 4.79 Å². The van der Waals surface area contributed by atoms with Gasteiger partial charge in [-0.25, -0.2) is 5.43 Å². The maximum atomic E-state index is 12.3. The van der Waals surface area contributed by atoms with Gasteiger partial charge in [0.25, 0.3) is 0 Å². The molecule has 1 aliphatic carbocycles. The van der Waals surface area contributed by atoms with Gasteiger partial charge in [-0.05, 0) is 46.0 Å². The number of nitrogens with zero attached hydrogens (tertiary/aromatic N) is 1. The average molecular weight is 402 g/mol. The third-order valence-electron chi connectivity index (χ3n) is 4.96. The fourth-order valence-corrected chi connectivity index (χ4v) is 4.81. The molecular weight excluding hydrogens is 384 g/mol. The zero-order valence-corrected chi connectivity index (χ0v) is 16.3. The molecule has 2 aliphatic rings. The number of thioether (sulfide) groups is 1. The maximum Gasteiger partial charge on any atom is 0.250 e. The van der Waals surface area contributed by atoms with E-state index < -0.39 is 0 Å². The van der Waals surface area contributed by atoms with Crippen LogP contribution in [0, 0.1) is 0 Å². The Morgan fingerprint density at radius 3 is 2.45 bits per heavy atom. The third-order valence-corrected chi connectivity index (χ3v) is 6.23. The van der Waals surface area contributed by atoms with Crippen LogP contribution in [0.3, 0.4) is 0 Å². The van der Waals surface area contributed by atoms with Crippen molar-refractivity contribution in [2.24, 2.45) is 5.10 Å². The Balaban J connectivity index is 1.22. The smallest absolute Gasteiger partial charge is 0.250 e. The van der Waals surface area contributed by atoms with Gasteiger partial charge in [0.2, 0.25) is 12.7 Å². The zero-order valence-electron chi connectivity index (χ0n) is 15.5. The summed E-state index contributed by atoms with van der Waals surface area (Å²) in [6.07, 6.45) is 1.60. The first-order valence-corrected chi connectivity index (χ1v) is 10.4. The van der Waals surface area contributed by atoms with Crippen molar-refractivity contribution in [2.75, 3.05) is 12.5 Å². The first kappa shape index (κ1) is 17.8. The molecule has 0 bridgehead atoms. The quantitative estimate of drug-likeness (QED) is 0.509. The Hall–Kier alpha value is -3.25. The molecule has 0 fully saturated rings. The van der Waals surface area contributed by atoms with E-state index in [4.69, 9.17) is 9.47 Å². The predicted octanol–water partition coefficient (Wildman–Crippen LogP) is 4.37. The van der Waals surface area contributed by atoms with Crippen LogP contribution < -0.4 is 14.9 Å². The van der Waals surface area contributed by atoms with Crippen molar-refractivity contribution >= 4 is 23.9 Å². The van der Waals surface area contributed by atoms with Gasteiger partial charge in [0.1, 0.15) is 0 Å². The SMILES string of the molecule is O=C(CSC1c2ccccc2-c2ccccc21)N/N=C\c1ccc2c(c1)OCO2. The summed E-state index contributed by atoms with van der Waals surface area (Å²) in [7, 11) is 0. The zero-order chi connectivity index (χ0) is 19.6. The molecule has 0 saturated heterocycles. The Kier molecular flexibility index (Phi) is 4.69. The summed E-state index contributed by atoms with van der Waals surface area (Å²) < 4.78 is 10.6. The number of ether oxygens (including phenoxy) is 2. The third kappa shape index (κ3) is 3.47. The van der Waals surface area contributed by atoms with Crippen LogP contribution in [-0.4, -0.2) is 24.7 Å². The van der Waals surface area contributed by atoms with Crippen LogP contribution in [0.5, 0.6) is 11.5 Å². The number of fused-ring (bicyclic) bond motifs is 4. The highest BCUT2D eigenvalue weighted by Gasteiger charge is 2.28. The van der Waals surface area contributed by atoms with Crippen LogP contribution in [0.4, 0.5) is 0 Å². The minimum absolute atomic E-state index is 0.131. The molecule has 29 heavy (non-hydrogen) atoms. The fourth-order valence-electron chi connectivity index (χ4n) is 3.65. The second-order valence-electron chi connectivity index (χ2n) is 6.77. The van der Waals surface area contributed by atoms with E-state index in [-0.39, 0.29) is 18.0 Å². The molecular formula is C23H18N2O3S. The highest BCUT2D eigenvalue weighted by atomic mass is 32.2. The van der Waals surface area contributed by atoms with E-state index in [2.05, 4.69) is 46.9 Å². The number of hydrogen-bond donors (Lipinski definition) is 1. The Morgan fingerprint density at radius 1 is 1.00 bits per heavy atom. The van der Waals surface area contributed by atoms with E-state index in [9.17, 15) is 4.79 Å². The molecule has 5 rings (SSSR count). The van der Waals surface area contributed by atoms with Crippen LogP contribution >= 0.6 is 11.8 Å². The number of nitrogens with one attached hydrogen (secondary N) is 1. The van der Waals surface area contributed by atoms with Gasteiger partial charge in [-0.15, -0.1) is 11.8 Å². The lowest BCUT2D eigenvalue weighted by atomic mass is 10.1. The lowest BCUT2D eigenvalue weighted by Crippen LogP contribution is -2.20. The molecule has 0 radical (unpaired) electrons. The number of hydrogen-bond acceptors (Lipinski definition) is 5. The summed E-state index contributed by atoms with van der Waals surface area (Å²) in [6.45, 7) is 0.233. The summed E-state index contributed by atoms with van der Waals surface area (Å²) in [5.41, 5.74) is 8.47. The normalized spacial score (nSPS) is 14.1. The second-order valence-corrected chi connectivity index (χ2v) is 7.86. The summed E-state index contributed by atoms with van der Waals surface area (Å²) in [5, 5.41) is 4.22. The Bertz CT molecular complexity index is 1070. The van der Waals surface area contributed by atoms with Gasteiger partial charge in [0.05, 0.1) is 17.2 Å². The Labute approximate surface area is 172 Å². The van der Waals surface area contributed by atoms with Gasteiger partial charge >= 0.3 is 0 Å². The minimum Gasteiger partial charge on any atom is -0.454 e. The minimum atomic E-state index is -0.131. The molecule has 0 saturated carbocycles. The molecule has 3 aromatic carbocycles. The van der Waals surface area contributed by atoms with E-state index in [0.29, 0.717) is 11.5 Å². The Morgan fingerprint density at radius 2 is 1.69 bits per heavy atom.